The molecule has 0 saturated heterocycles. The zero-order valence-corrected chi connectivity index (χ0v) is 10.3. The zero-order valence-electron chi connectivity index (χ0n) is 10.3. The highest BCUT2D eigenvalue weighted by atomic mass is 19.4. The number of fused-ring (bicyclic) bond motifs is 3. The fraction of sp³-hybridized carbons (Fsp3) is 0.214. The van der Waals surface area contributed by atoms with Crippen LogP contribution in [0.4, 0.5) is 13.2 Å². The molecule has 0 aliphatic carbocycles. The molecule has 1 aromatic carbocycles. The molecule has 2 N–H and O–H groups in total. The number of benzene rings is 1. The van der Waals surface area contributed by atoms with Crippen LogP contribution in [0.5, 0.6) is 0 Å². The van der Waals surface area contributed by atoms with Crippen LogP contribution in [-0.2, 0) is 6.42 Å². The number of pyridine rings is 1. The van der Waals surface area contributed by atoms with E-state index in [0.29, 0.717) is 11.1 Å². The molecule has 6 heteroatoms. The Morgan fingerprint density at radius 2 is 1.80 bits per heavy atom. The summed E-state index contributed by atoms with van der Waals surface area (Å²) >= 11 is 0. The second-order valence-electron chi connectivity index (χ2n) is 4.70. The van der Waals surface area contributed by atoms with Gasteiger partial charge in [0.1, 0.15) is 0 Å². The Labute approximate surface area is 111 Å². The molecule has 104 valence electrons. The average Bonchev–Trinajstić information content (AvgIpc) is 2.78. The molecule has 0 amide bonds. The SMILES string of the molecule is O=c1ccc2c(ccc3[nH]cc(CCC(F)(F)F)c32)[nH]1. The Kier molecular flexibility index (Phi) is 2.81. The fourth-order valence-electron chi connectivity index (χ4n) is 2.41. The van der Waals surface area contributed by atoms with E-state index in [-0.39, 0.29) is 12.0 Å². The average molecular weight is 280 g/mol. The summed E-state index contributed by atoms with van der Waals surface area (Å²) < 4.78 is 37.1. The lowest BCUT2D eigenvalue weighted by Gasteiger charge is -2.06. The third-order valence-electron chi connectivity index (χ3n) is 3.31. The summed E-state index contributed by atoms with van der Waals surface area (Å²) in [6.07, 6.45) is -3.52. The molecule has 0 radical (unpaired) electrons. The number of aryl methyl sites for hydroxylation is 1. The maximum atomic E-state index is 12.4. The molecule has 0 bridgehead atoms. The lowest BCUT2D eigenvalue weighted by atomic mass is 10.0. The molecule has 0 saturated carbocycles. The normalized spacial score (nSPS) is 12.3. The van der Waals surface area contributed by atoms with Crippen molar-refractivity contribution >= 4 is 21.8 Å². The minimum Gasteiger partial charge on any atom is -0.361 e. The van der Waals surface area contributed by atoms with Crippen LogP contribution in [-0.4, -0.2) is 16.1 Å². The van der Waals surface area contributed by atoms with Crippen LogP contribution < -0.4 is 5.56 Å². The van der Waals surface area contributed by atoms with Crippen LogP contribution in [0.15, 0.2) is 35.3 Å². The molecule has 0 unspecified atom stereocenters. The van der Waals surface area contributed by atoms with E-state index < -0.39 is 12.6 Å². The van der Waals surface area contributed by atoms with E-state index in [0.717, 1.165) is 16.3 Å². The van der Waals surface area contributed by atoms with Crippen LogP contribution >= 0.6 is 0 Å². The molecule has 20 heavy (non-hydrogen) atoms. The molecule has 0 aliphatic heterocycles. The third-order valence-corrected chi connectivity index (χ3v) is 3.31. The van der Waals surface area contributed by atoms with Gasteiger partial charge in [0.2, 0.25) is 5.56 Å². The number of aromatic amines is 2. The Bertz CT molecular complexity index is 830. The lowest BCUT2D eigenvalue weighted by molar-refractivity contribution is -0.133. The van der Waals surface area contributed by atoms with Gasteiger partial charge in [-0.05, 0) is 30.2 Å². The summed E-state index contributed by atoms with van der Waals surface area (Å²) in [5.41, 5.74) is 1.76. The van der Waals surface area contributed by atoms with Crippen molar-refractivity contribution in [2.45, 2.75) is 19.0 Å². The largest absolute Gasteiger partial charge is 0.389 e. The molecular formula is C14H11F3N2O. The van der Waals surface area contributed by atoms with Gasteiger partial charge in [0.05, 0.1) is 0 Å². The molecule has 3 rings (SSSR count). The molecule has 0 aliphatic rings. The van der Waals surface area contributed by atoms with Gasteiger partial charge >= 0.3 is 6.18 Å². The van der Waals surface area contributed by atoms with Crippen LogP contribution in [0.1, 0.15) is 12.0 Å². The topological polar surface area (TPSA) is 48.6 Å². The highest BCUT2D eigenvalue weighted by Crippen LogP contribution is 2.29. The highest BCUT2D eigenvalue weighted by Gasteiger charge is 2.27. The molecule has 2 heterocycles. The summed E-state index contributed by atoms with van der Waals surface area (Å²) in [5, 5.41) is 1.49. The van der Waals surface area contributed by atoms with Gasteiger partial charge in [-0.15, -0.1) is 0 Å². The van der Waals surface area contributed by atoms with E-state index in [1.807, 2.05) is 0 Å². The number of halogens is 3. The molecular weight excluding hydrogens is 269 g/mol. The van der Waals surface area contributed by atoms with Gasteiger partial charge in [0.15, 0.2) is 0 Å². The minimum atomic E-state index is -4.18. The molecule has 0 fully saturated rings. The first-order valence-electron chi connectivity index (χ1n) is 6.13. The molecule has 2 aromatic heterocycles. The quantitative estimate of drug-likeness (QED) is 0.741. The minimum absolute atomic E-state index is 0.0816. The van der Waals surface area contributed by atoms with Gasteiger partial charge in [0.25, 0.3) is 0 Å². The highest BCUT2D eigenvalue weighted by molar-refractivity contribution is 6.06. The van der Waals surface area contributed by atoms with E-state index in [2.05, 4.69) is 9.97 Å². The van der Waals surface area contributed by atoms with Crippen molar-refractivity contribution in [2.75, 3.05) is 0 Å². The number of H-pyrrole nitrogens is 2. The Morgan fingerprint density at radius 3 is 2.55 bits per heavy atom. The van der Waals surface area contributed by atoms with Crippen molar-refractivity contribution in [3.8, 4) is 0 Å². The van der Waals surface area contributed by atoms with Crippen molar-refractivity contribution in [1.29, 1.82) is 0 Å². The standard InChI is InChI=1S/C14H11F3N2O/c15-14(16,17)6-5-8-7-18-11-3-2-10-9(13(8)11)1-4-12(20)19-10/h1-4,7,18H,5-6H2,(H,19,20). The molecule has 3 aromatic rings. The number of aromatic nitrogens is 2. The van der Waals surface area contributed by atoms with Crippen molar-refractivity contribution in [2.24, 2.45) is 0 Å². The number of nitrogens with one attached hydrogen (secondary N) is 2. The summed E-state index contributed by atoms with van der Waals surface area (Å²) in [6.45, 7) is 0. The third kappa shape index (κ3) is 2.29. The first-order chi connectivity index (χ1) is 9.44. The summed E-state index contributed by atoms with van der Waals surface area (Å²) in [6, 6.07) is 6.51. The van der Waals surface area contributed by atoms with E-state index >= 15 is 0 Å². The van der Waals surface area contributed by atoms with Gasteiger partial charge in [0, 0.05) is 40.5 Å². The maximum absolute atomic E-state index is 12.4. The Morgan fingerprint density at radius 1 is 1.05 bits per heavy atom. The van der Waals surface area contributed by atoms with Crippen LogP contribution in [0.2, 0.25) is 0 Å². The predicted molar refractivity (Wildman–Crippen MR) is 70.8 cm³/mol. The summed E-state index contributed by atoms with van der Waals surface area (Å²) in [4.78, 5) is 16.9. The van der Waals surface area contributed by atoms with E-state index in [1.165, 1.54) is 6.07 Å². The van der Waals surface area contributed by atoms with Gasteiger partial charge in [-0.25, -0.2) is 0 Å². The second kappa shape index (κ2) is 4.40. The van der Waals surface area contributed by atoms with Gasteiger partial charge in [-0.1, -0.05) is 0 Å². The lowest BCUT2D eigenvalue weighted by Crippen LogP contribution is -2.08. The van der Waals surface area contributed by atoms with Crippen molar-refractivity contribution in [1.82, 2.24) is 9.97 Å². The van der Waals surface area contributed by atoms with Crippen LogP contribution in [0.25, 0.3) is 21.8 Å². The first-order valence-corrected chi connectivity index (χ1v) is 6.13. The molecule has 0 atom stereocenters. The number of rotatable bonds is 2. The zero-order chi connectivity index (χ0) is 14.3. The fourth-order valence-corrected chi connectivity index (χ4v) is 2.41. The van der Waals surface area contributed by atoms with Crippen molar-refractivity contribution < 1.29 is 13.2 Å². The van der Waals surface area contributed by atoms with Crippen molar-refractivity contribution in [3.05, 3.63) is 46.4 Å². The monoisotopic (exact) mass is 280 g/mol. The van der Waals surface area contributed by atoms with Crippen LogP contribution in [0.3, 0.4) is 0 Å². The molecule has 0 spiro atoms. The smallest absolute Gasteiger partial charge is 0.361 e. The number of alkyl halides is 3. The van der Waals surface area contributed by atoms with E-state index in [4.69, 9.17) is 0 Å². The predicted octanol–water partition coefficient (Wildman–Crippen LogP) is 3.50. The Balaban J connectivity index is 2.16. The van der Waals surface area contributed by atoms with Crippen molar-refractivity contribution in [3.63, 3.8) is 0 Å². The second-order valence-corrected chi connectivity index (χ2v) is 4.70. The summed E-state index contributed by atoms with van der Waals surface area (Å²) in [5.74, 6) is 0. The maximum Gasteiger partial charge on any atom is 0.389 e. The van der Waals surface area contributed by atoms with Gasteiger partial charge < -0.3 is 9.97 Å². The van der Waals surface area contributed by atoms with Gasteiger partial charge in [-0.3, -0.25) is 4.79 Å². The summed E-state index contributed by atoms with van der Waals surface area (Å²) in [7, 11) is 0. The van der Waals surface area contributed by atoms with Gasteiger partial charge in [-0.2, -0.15) is 13.2 Å². The first kappa shape index (κ1) is 12.8. The van der Waals surface area contributed by atoms with E-state index in [1.54, 1.807) is 24.4 Å². The van der Waals surface area contributed by atoms with E-state index in [9.17, 15) is 18.0 Å². The number of hydrogen-bond acceptors (Lipinski definition) is 1. The Hall–Kier alpha value is -2.24. The number of hydrogen-bond donors (Lipinski definition) is 2. The van der Waals surface area contributed by atoms with Crippen LogP contribution in [0, 0.1) is 0 Å². The molecule has 3 nitrogen and oxygen atoms in total.